The number of nitrogens with two attached hydrogens (primary N) is 2. The molecule has 7 heteroatoms. The zero-order valence-corrected chi connectivity index (χ0v) is 7.34. The van der Waals surface area contributed by atoms with E-state index in [1.54, 1.807) is 6.92 Å². The monoisotopic (exact) mass is 191 g/mol. The molecule has 1 rings (SSSR count). The van der Waals surface area contributed by atoms with Crippen LogP contribution in [-0.4, -0.2) is 14.9 Å². The molecule has 4 N–H and O–H groups in total. The molecule has 0 aliphatic rings. The molecule has 68 valence electrons. The van der Waals surface area contributed by atoms with Crippen molar-refractivity contribution in [1.29, 1.82) is 0 Å². The summed E-state index contributed by atoms with van der Waals surface area (Å²) in [4.78, 5) is 11.1. The highest BCUT2D eigenvalue weighted by molar-refractivity contribution is 5.85. The number of rotatable bonds is 1. The van der Waals surface area contributed by atoms with E-state index in [0.29, 0.717) is 12.1 Å². The molecule has 0 radical (unpaired) electrons. The third kappa shape index (κ3) is 1.65. The molecule has 12 heavy (non-hydrogen) atoms. The van der Waals surface area contributed by atoms with Gasteiger partial charge in [0.05, 0.1) is 0 Å². The van der Waals surface area contributed by atoms with Gasteiger partial charge in [-0.2, -0.15) is 4.68 Å². The van der Waals surface area contributed by atoms with E-state index < -0.39 is 0 Å². The minimum atomic E-state index is -0.389. The number of hydrogen-bond donors (Lipinski definition) is 2. The van der Waals surface area contributed by atoms with E-state index in [9.17, 15) is 4.79 Å². The molecule has 0 atom stereocenters. The van der Waals surface area contributed by atoms with Crippen molar-refractivity contribution >= 4 is 18.4 Å². The van der Waals surface area contributed by atoms with Gasteiger partial charge in [-0.15, -0.1) is 22.6 Å². The summed E-state index contributed by atoms with van der Waals surface area (Å²) in [6.07, 6.45) is 0.503. The van der Waals surface area contributed by atoms with E-state index in [-0.39, 0.29) is 23.9 Å². The lowest BCUT2D eigenvalue weighted by atomic mass is 10.4. The Morgan fingerprint density at radius 1 is 1.50 bits per heavy atom. The van der Waals surface area contributed by atoms with Crippen molar-refractivity contribution in [3.05, 3.63) is 16.0 Å². The van der Waals surface area contributed by atoms with E-state index in [2.05, 4.69) is 10.2 Å². The summed E-state index contributed by atoms with van der Waals surface area (Å²) in [7, 11) is 0. The van der Waals surface area contributed by atoms with Gasteiger partial charge in [-0.1, -0.05) is 6.92 Å². The Balaban J connectivity index is 0.00000121. The fourth-order valence-electron chi connectivity index (χ4n) is 0.668. The van der Waals surface area contributed by atoms with Crippen LogP contribution in [0.15, 0.2) is 4.79 Å². The average Bonchev–Trinajstić information content (AvgIpc) is 2.01. The van der Waals surface area contributed by atoms with Crippen LogP contribution in [0.2, 0.25) is 0 Å². The van der Waals surface area contributed by atoms with Crippen molar-refractivity contribution in [1.82, 2.24) is 14.9 Å². The molecule has 1 aromatic heterocycles. The molecule has 0 saturated carbocycles. The summed E-state index contributed by atoms with van der Waals surface area (Å²) < 4.78 is 0.784. The maximum atomic E-state index is 11.1. The van der Waals surface area contributed by atoms with Crippen LogP contribution in [0.3, 0.4) is 0 Å². The summed E-state index contributed by atoms with van der Waals surface area (Å²) in [6.45, 7) is 1.79. The minimum Gasteiger partial charge on any atom is -0.366 e. The summed E-state index contributed by atoms with van der Waals surface area (Å²) in [5.74, 6) is 5.16. The third-order valence-electron chi connectivity index (χ3n) is 1.32. The molecule has 0 fully saturated rings. The summed E-state index contributed by atoms with van der Waals surface area (Å²) in [5.41, 5.74) is 5.14. The van der Waals surface area contributed by atoms with E-state index in [1.165, 1.54) is 0 Å². The van der Waals surface area contributed by atoms with Crippen molar-refractivity contribution in [3.63, 3.8) is 0 Å². The molecule has 0 amide bonds. The maximum absolute atomic E-state index is 11.1. The van der Waals surface area contributed by atoms with Crippen LogP contribution in [0.25, 0.3) is 0 Å². The lowest BCUT2D eigenvalue weighted by molar-refractivity contribution is 0.785. The normalized spacial score (nSPS) is 9.08. The molecule has 1 heterocycles. The minimum absolute atomic E-state index is 0. The highest BCUT2D eigenvalue weighted by Crippen LogP contribution is 1.87. The fraction of sp³-hybridized carbons (Fsp3) is 0.400. The fourth-order valence-corrected chi connectivity index (χ4v) is 0.668. The van der Waals surface area contributed by atoms with Gasteiger partial charge in [0.2, 0.25) is 5.95 Å². The molecule has 0 bridgehead atoms. The highest BCUT2D eigenvalue weighted by atomic mass is 35.5. The van der Waals surface area contributed by atoms with Crippen LogP contribution in [0.1, 0.15) is 12.6 Å². The maximum Gasteiger partial charge on any atom is 0.295 e. The van der Waals surface area contributed by atoms with Crippen LogP contribution in [-0.2, 0) is 6.42 Å². The Bertz CT molecular complexity index is 322. The number of nitrogens with zero attached hydrogens (tertiary/aromatic N) is 3. The number of aryl methyl sites for hydroxylation is 1. The zero-order valence-electron chi connectivity index (χ0n) is 6.52. The van der Waals surface area contributed by atoms with Gasteiger partial charge in [0, 0.05) is 0 Å². The second-order valence-corrected chi connectivity index (χ2v) is 2.03. The van der Waals surface area contributed by atoms with Gasteiger partial charge >= 0.3 is 0 Å². The van der Waals surface area contributed by atoms with Crippen molar-refractivity contribution in [2.45, 2.75) is 13.3 Å². The lowest BCUT2D eigenvalue weighted by Gasteiger charge is -2.00. The molecule has 0 saturated heterocycles. The first-order valence-electron chi connectivity index (χ1n) is 3.16. The van der Waals surface area contributed by atoms with Gasteiger partial charge in [-0.3, -0.25) is 4.79 Å². The van der Waals surface area contributed by atoms with Crippen LogP contribution < -0.4 is 17.1 Å². The Morgan fingerprint density at radius 2 is 2.08 bits per heavy atom. The molecule has 0 aromatic carbocycles. The van der Waals surface area contributed by atoms with Crippen molar-refractivity contribution in [2.24, 2.45) is 0 Å². The van der Waals surface area contributed by atoms with E-state index in [1.807, 2.05) is 0 Å². The first-order chi connectivity index (χ1) is 5.16. The first kappa shape index (κ1) is 10.7. The molecule has 0 aliphatic carbocycles. The SMILES string of the molecule is CCc1nnc(N)n(N)c1=O.Cl. The second-order valence-electron chi connectivity index (χ2n) is 2.03. The number of hydrogen-bond acceptors (Lipinski definition) is 5. The van der Waals surface area contributed by atoms with Crippen LogP contribution >= 0.6 is 12.4 Å². The standard InChI is InChI=1S/C5H9N5O.ClH/c1-2-3-4(11)10(7)5(6)9-8-3;/h2,7H2,1H3,(H2,6,9);1H. The molecule has 0 spiro atoms. The lowest BCUT2D eigenvalue weighted by Crippen LogP contribution is -2.33. The predicted molar refractivity (Wildman–Crippen MR) is 47.5 cm³/mol. The number of nitrogen functional groups attached to an aromatic ring is 2. The predicted octanol–water partition coefficient (Wildman–Crippen LogP) is -1.08. The van der Waals surface area contributed by atoms with Crippen LogP contribution in [0, 0.1) is 0 Å². The molecule has 6 nitrogen and oxygen atoms in total. The van der Waals surface area contributed by atoms with E-state index >= 15 is 0 Å². The Morgan fingerprint density at radius 3 is 2.58 bits per heavy atom. The largest absolute Gasteiger partial charge is 0.366 e. The van der Waals surface area contributed by atoms with Gasteiger partial charge in [0.15, 0.2) is 0 Å². The zero-order chi connectivity index (χ0) is 8.43. The van der Waals surface area contributed by atoms with Crippen molar-refractivity contribution in [2.75, 3.05) is 11.6 Å². The van der Waals surface area contributed by atoms with Crippen molar-refractivity contribution in [3.8, 4) is 0 Å². The van der Waals surface area contributed by atoms with Crippen molar-refractivity contribution < 1.29 is 0 Å². The van der Waals surface area contributed by atoms with Gasteiger partial charge in [0.1, 0.15) is 5.69 Å². The Hall–Kier alpha value is -1.30. The molecule has 0 unspecified atom stereocenters. The summed E-state index contributed by atoms with van der Waals surface area (Å²) in [6, 6.07) is 0. The third-order valence-corrected chi connectivity index (χ3v) is 1.32. The van der Waals surface area contributed by atoms with Gasteiger partial charge < -0.3 is 11.6 Å². The van der Waals surface area contributed by atoms with Gasteiger partial charge in [0.25, 0.3) is 5.56 Å². The van der Waals surface area contributed by atoms with Gasteiger partial charge in [-0.05, 0) is 6.42 Å². The first-order valence-corrected chi connectivity index (χ1v) is 3.16. The topological polar surface area (TPSA) is 99.8 Å². The Kier molecular flexibility index (Phi) is 3.49. The molecular formula is C5H10ClN5O. The highest BCUT2D eigenvalue weighted by Gasteiger charge is 2.03. The number of aromatic nitrogens is 3. The van der Waals surface area contributed by atoms with E-state index in [4.69, 9.17) is 11.6 Å². The number of anilines is 1. The average molecular weight is 192 g/mol. The van der Waals surface area contributed by atoms with Crippen LogP contribution in [0.5, 0.6) is 0 Å². The smallest absolute Gasteiger partial charge is 0.295 e. The van der Waals surface area contributed by atoms with Gasteiger partial charge in [-0.25, -0.2) is 0 Å². The quantitative estimate of drug-likeness (QED) is 0.550. The summed E-state index contributed by atoms with van der Waals surface area (Å²) >= 11 is 0. The molecule has 0 aliphatic heterocycles. The molecule has 1 aromatic rings. The molecular weight excluding hydrogens is 182 g/mol. The summed E-state index contributed by atoms with van der Waals surface area (Å²) in [5, 5.41) is 7.04. The second kappa shape index (κ2) is 3.91. The van der Waals surface area contributed by atoms with Crippen LogP contribution in [0.4, 0.5) is 5.95 Å². The number of halogens is 1. The Labute approximate surface area is 75.0 Å². The van der Waals surface area contributed by atoms with E-state index in [0.717, 1.165) is 4.68 Å².